The van der Waals surface area contributed by atoms with Gasteiger partial charge in [0.15, 0.2) is 5.13 Å². The van der Waals surface area contributed by atoms with Crippen LogP contribution >= 0.6 is 22.9 Å². The number of nitro groups is 1. The van der Waals surface area contributed by atoms with Gasteiger partial charge in [-0.25, -0.2) is 13.4 Å². The first-order valence-corrected chi connectivity index (χ1v) is 13.2. The summed E-state index contributed by atoms with van der Waals surface area (Å²) in [4.78, 5) is 17.1. The number of anilines is 1. The van der Waals surface area contributed by atoms with Crippen molar-refractivity contribution in [2.75, 3.05) is 31.1 Å². The number of hydrogen-bond donors (Lipinski definition) is 0. The van der Waals surface area contributed by atoms with Crippen LogP contribution in [0.15, 0.2) is 52.7 Å². The summed E-state index contributed by atoms with van der Waals surface area (Å²) < 4.78 is 27.3. The van der Waals surface area contributed by atoms with E-state index >= 15 is 0 Å². The van der Waals surface area contributed by atoms with Crippen molar-refractivity contribution in [1.82, 2.24) is 9.29 Å². The van der Waals surface area contributed by atoms with Gasteiger partial charge in [0.2, 0.25) is 10.0 Å². The maximum Gasteiger partial charge on any atom is 0.289 e. The van der Waals surface area contributed by atoms with Crippen molar-refractivity contribution in [3.05, 3.63) is 79.8 Å². The zero-order valence-electron chi connectivity index (χ0n) is 18.0. The van der Waals surface area contributed by atoms with E-state index in [-0.39, 0.29) is 23.0 Å². The molecule has 1 fully saturated rings. The molecule has 0 spiro atoms. The number of nitrogens with zero attached hydrogens (tertiary/aromatic N) is 4. The van der Waals surface area contributed by atoms with E-state index in [0.717, 1.165) is 29.7 Å². The molecule has 0 bridgehead atoms. The molecule has 3 aromatic rings. The van der Waals surface area contributed by atoms with E-state index in [1.54, 1.807) is 11.3 Å². The molecule has 0 unspecified atom stereocenters. The molecule has 1 aliphatic rings. The van der Waals surface area contributed by atoms with Crippen LogP contribution < -0.4 is 4.90 Å². The van der Waals surface area contributed by atoms with E-state index in [1.807, 2.05) is 5.38 Å². The summed E-state index contributed by atoms with van der Waals surface area (Å²) >= 11 is 7.37. The Bertz CT molecular complexity index is 1250. The molecule has 0 saturated carbocycles. The van der Waals surface area contributed by atoms with E-state index in [2.05, 4.69) is 36.1 Å². The molecule has 0 radical (unpaired) electrons. The Morgan fingerprint density at radius 2 is 1.76 bits per heavy atom. The quantitative estimate of drug-likeness (QED) is 0.348. The minimum Gasteiger partial charge on any atom is -0.345 e. The SMILES string of the molecule is CCc1ccc(Cc2csc(N3CCN(S(=O)(=O)c4ccc(Cl)c([N+](=O)[O-])c4)CC3)n2)cc1. The van der Waals surface area contributed by atoms with E-state index in [9.17, 15) is 18.5 Å². The summed E-state index contributed by atoms with van der Waals surface area (Å²) in [6.07, 6.45) is 1.77. The molecular weight excluding hydrogens is 484 g/mol. The number of sulfonamides is 1. The van der Waals surface area contributed by atoms with E-state index < -0.39 is 20.6 Å². The summed E-state index contributed by atoms with van der Waals surface area (Å²) in [7, 11) is -3.86. The molecule has 8 nitrogen and oxygen atoms in total. The van der Waals surface area contributed by atoms with Crippen molar-refractivity contribution in [2.24, 2.45) is 0 Å². The molecule has 1 aliphatic heterocycles. The largest absolute Gasteiger partial charge is 0.345 e. The molecule has 0 amide bonds. The summed E-state index contributed by atoms with van der Waals surface area (Å²) in [5.74, 6) is 0. The van der Waals surface area contributed by atoms with Crippen molar-refractivity contribution in [1.29, 1.82) is 0 Å². The van der Waals surface area contributed by atoms with Gasteiger partial charge < -0.3 is 4.90 Å². The van der Waals surface area contributed by atoms with Crippen molar-refractivity contribution in [2.45, 2.75) is 24.7 Å². The molecule has 4 rings (SSSR count). The number of thiazole rings is 1. The Balaban J connectivity index is 1.40. The number of halogens is 1. The maximum atomic E-state index is 13.0. The smallest absolute Gasteiger partial charge is 0.289 e. The predicted molar refractivity (Wildman–Crippen MR) is 130 cm³/mol. The fraction of sp³-hybridized carbons (Fsp3) is 0.318. The fourth-order valence-corrected chi connectivity index (χ4v) is 6.19. The highest BCUT2D eigenvalue weighted by molar-refractivity contribution is 7.89. The molecule has 1 aromatic heterocycles. The summed E-state index contributed by atoms with van der Waals surface area (Å²) in [5, 5.41) is 13.9. The van der Waals surface area contributed by atoms with Gasteiger partial charge in [-0.15, -0.1) is 11.3 Å². The zero-order valence-corrected chi connectivity index (χ0v) is 20.4. The first kappa shape index (κ1) is 23.6. The molecule has 33 heavy (non-hydrogen) atoms. The van der Waals surface area contributed by atoms with Gasteiger partial charge in [-0.05, 0) is 29.7 Å². The molecule has 2 aromatic carbocycles. The van der Waals surface area contributed by atoms with Gasteiger partial charge in [0.1, 0.15) is 5.02 Å². The Hall–Kier alpha value is -2.53. The van der Waals surface area contributed by atoms with Gasteiger partial charge in [0, 0.05) is 44.0 Å². The van der Waals surface area contributed by atoms with Crippen LogP contribution in [-0.4, -0.2) is 48.8 Å². The van der Waals surface area contributed by atoms with Crippen LogP contribution in [0, 0.1) is 10.1 Å². The van der Waals surface area contributed by atoms with Crippen LogP contribution in [0.5, 0.6) is 0 Å². The molecule has 0 aliphatic carbocycles. The Morgan fingerprint density at radius 1 is 1.09 bits per heavy atom. The van der Waals surface area contributed by atoms with Crippen molar-refractivity contribution in [3.63, 3.8) is 0 Å². The van der Waals surface area contributed by atoms with Gasteiger partial charge >= 0.3 is 0 Å². The Labute approximate surface area is 201 Å². The van der Waals surface area contributed by atoms with Crippen LogP contribution in [0.2, 0.25) is 5.02 Å². The first-order valence-electron chi connectivity index (χ1n) is 10.5. The number of aryl methyl sites for hydroxylation is 1. The van der Waals surface area contributed by atoms with Crippen molar-refractivity contribution >= 4 is 43.8 Å². The minimum atomic E-state index is -3.86. The maximum absolute atomic E-state index is 13.0. The molecule has 11 heteroatoms. The van der Waals surface area contributed by atoms with Gasteiger partial charge in [0.05, 0.1) is 15.5 Å². The minimum absolute atomic E-state index is 0.0929. The van der Waals surface area contributed by atoms with E-state index in [1.165, 1.54) is 27.6 Å². The third kappa shape index (κ3) is 5.19. The standard InChI is InChI=1S/C22H23ClN4O4S2/c1-2-16-3-5-17(6-4-16)13-18-15-32-22(24-18)25-9-11-26(12-10-25)33(30,31)19-7-8-20(23)21(14-19)27(28)29/h3-8,14-15H,2,9-13H2,1H3. The number of piperazine rings is 1. The number of rotatable bonds is 7. The highest BCUT2D eigenvalue weighted by Gasteiger charge is 2.31. The molecular formula is C22H23ClN4O4S2. The van der Waals surface area contributed by atoms with Crippen LogP contribution in [0.3, 0.4) is 0 Å². The first-order chi connectivity index (χ1) is 15.8. The van der Waals surface area contributed by atoms with Gasteiger partial charge in [0.25, 0.3) is 5.69 Å². The lowest BCUT2D eigenvalue weighted by Gasteiger charge is -2.33. The third-order valence-electron chi connectivity index (χ3n) is 5.62. The summed E-state index contributed by atoms with van der Waals surface area (Å²) in [6.45, 7) is 3.66. The lowest BCUT2D eigenvalue weighted by molar-refractivity contribution is -0.384. The highest BCUT2D eigenvalue weighted by atomic mass is 35.5. The van der Waals surface area contributed by atoms with Gasteiger partial charge in [-0.1, -0.05) is 42.8 Å². The molecule has 1 saturated heterocycles. The zero-order chi connectivity index (χ0) is 23.6. The second kappa shape index (κ2) is 9.76. The number of hydrogen-bond acceptors (Lipinski definition) is 7. The van der Waals surface area contributed by atoms with E-state index in [0.29, 0.717) is 13.1 Å². The lowest BCUT2D eigenvalue weighted by atomic mass is 10.1. The second-order valence-electron chi connectivity index (χ2n) is 7.73. The van der Waals surface area contributed by atoms with Gasteiger partial charge in [-0.2, -0.15) is 4.31 Å². The summed E-state index contributed by atoms with van der Waals surface area (Å²) in [6, 6.07) is 12.1. The van der Waals surface area contributed by atoms with Crippen LogP contribution in [-0.2, 0) is 22.9 Å². The van der Waals surface area contributed by atoms with Crippen molar-refractivity contribution in [3.8, 4) is 0 Å². The fourth-order valence-electron chi connectivity index (χ4n) is 3.69. The Kier molecular flexibility index (Phi) is 6.99. The molecule has 0 N–H and O–H groups in total. The molecule has 0 atom stereocenters. The van der Waals surface area contributed by atoms with Gasteiger partial charge in [-0.3, -0.25) is 10.1 Å². The highest BCUT2D eigenvalue weighted by Crippen LogP contribution is 2.30. The third-order valence-corrected chi connectivity index (χ3v) is 8.78. The Morgan fingerprint density at radius 3 is 2.39 bits per heavy atom. The van der Waals surface area contributed by atoms with Crippen molar-refractivity contribution < 1.29 is 13.3 Å². The topological polar surface area (TPSA) is 96.7 Å². The monoisotopic (exact) mass is 506 g/mol. The molecule has 2 heterocycles. The number of benzene rings is 2. The van der Waals surface area contributed by atoms with Crippen LogP contribution in [0.4, 0.5) is 10.8 Å². The lowest BCUT2D eigenvalue weighted by Crippen LogP contribution is -2.48. The number of aromatic nitrogens is 1. The average molecular weight is 507 g/mol. The normalized spacial score (nSPS) is 15.0. The predicted octanol–water partition coefficient (Wildman–Crippen LogP) is 4.37. The number of nitro benzene ring substituents is 1. The second-order valence-corrected chi connectivity index (χ2v) is 10.9. The average Bonchev–Trinajstić information content (AvgIpc) is 3.28. The van der Waals surface area contributed by atoms with Crippen LogP contribution in [0.1, 0.15) is 23.7 Å². The molecule has 174 valence electrons. The summed E-state index contributed by atoms with van der Waals surface area (Å²) in [5.41, 5.74) is 3.08. The van der Waals surface area contributed by atoms with Crippen LogP contribution in [0.25, 0.3) is 0 Å². The van der Waals surface area contributed by atoms with E-state index in [4.69, 9.17) is 16.6 Å².